The fourth-order valence-corrected chi connectivity index (χ4v) is 2.46. The van der Waals surface area contributed by atoms with Crippen LogP contribution in [0.2, 0.25) is 5.02 Å². The summed E-state index contributed by atoms with van der Waals surface area (Å²) in [6, 6.07) is 14.6. The summed E-state index contributed by atoms with van der Waals surface area (Å²) >= 11 is 6.15. The minimum atomic E-state index is 0.661. The number of halogens is 1. The standard InChI is InChI=1S/C17H20ClNO/c1-13-4-6-14(7-5-13)11-19(2)12-15-8-9-17(20-3)16(18)10-15/h4-10H,11-12H2,1-3H3. The minimum absolute atomic E-state index is 0.661. The van der Waals surface area contributed by atoms with Gasteiger partial charge in [-0.2, -0.15) is 0 Å². The first-order valence-corrected chi connectivity index (χ1v) is 7.03. The average molecular weight is 290 g/mol. The summed E-state index contributed by atoms with van der Waals surface area (Å²) in [5.74, 6) is 0.719. The van der Waals surface area contributed by atoms with Crippen LogP contribution in [0.5, 0.6) is 5.75 Å². The molecule has 3 heteroatoms. The summed E-state index contributed by atoms with van der Waals surface area (Å²) in [5.41, 5.74) is 3.79. The van der Waals surface area contributed by atoms with Crippen molar-refractivity contribution in [2.45, 2.75) is 20.0 Å². The van der Waals surface area contributed by atoms with E-state index >= 15 is 0 Å². The number of rotatable bonds is 5. The molecule has 0 atom stereocenters. The molecule has 2 aromatic rings. The maximum absolute atomic E-state index is 6.15. The van der Waals surface area contributed by atoms with Crippen LogP contribution in [-0.2, 0) is 13.1 Å². The Balaban J connectivity index is 1.99. The SMILES string of the molecule is COc1ccc(CN(C)Cc2ccc(C)cc2)cc1Cl. The lowest BCUT2D eigenvalue weighted by Gasteiger charge is -2.17. The van der Waals surface area contributed by atoms with E-state index in [1.165, 1.54) is 16.7 Å². The van der Waals surface area contributed by atoms with E-state index in [2.05, 4.69) is 49.2 Å². The summed E-state index contributed by atoms with van der Waals surface area (Å²) < 4.78 is 5.17. The Bertz CT molecular complexity index is 566. The van der Waals surface area contributed by atoms with Gasteiger partial charge in [-0.15, -0.1) is 0 Å². The summed E-state index contributed by atoms with van der Waals surface area (Å²) in [6.45, 7) is 3.88. The van der Waals surface area contributed by atoms with Gasteiger partial charge in [-0.25, -0.2) is 0 Å². The van der Waals surface area contributed by atoms with Crippen molar-refractivity contribution in [3.8, 4) is 5.75 Å². The zero-order valence-electron chi connectivity index (χ0n) is 12.2. The molecule has 0 aliphatic rings. The van der Waals surface area contributed by atoms with E-state index in [-0.39, 0.29) is 0 Å². The molecule has 0 amide bonds. The third kappa shape index (κ3) is 3.99. The van der Waals surface area contributed by atoms with Crippen LogP contribution in [0.25, 0.3) is 0 Å². The number of nitrogens with zero attached hydrogens (tertiary/aromatic N) is 1. The van der Waals surface area contributed by atoms with Gasteiger partial charge in [0.2, 0.25) is 0 Å². The molecule has 20 heavy (non-hydrogen) atoms. The Kier molecular flexibility index (Phi) is 5.05. The molecule has 0 N–H and O–H groups in total. The summed E-state index contributed by atoms with van der Waals surface area (Å²) in [7, 11) is 3.74. The molecule has 0 aliphatic carbocycles. The number of methoxy groups -OCH3 is 1. The van der Waals surface area contributed by atoms with E-state index in [4.69, 9.17) is 16.3 Å². The highest BCUT2D eigenvalue weighted by molar-refractivity contribution is 6.32. The first-order chi connectivity index (χ1) is 9.58. The average Bonchev–Trinajstić information content (AvgIpc) is 2.41. The van der Waals surface area contributed by atoms with Crippen molar-refractivity contribution in [3.63, 3.8) is 0 Å². The maximum atomic E-state index is 6.15. The fourth-order valence-electron chi connectivity index (χ4n) is 2.18. The predicted octanol–water partition coefficient (Wildman–Crippen LogP) is 4.29. The zero-order valence-corrected chi connectivity index (χ0v) is 12.9. The second-order valence-electron chi connectivity index (χ2n) is 5.13. The first kappa shape index (κ1) is 14.9. The summed E-state index contributed by atoms with van der Waals surface area (Å²) in [5, 5.41) is 0.661. The van der Waals surface area contributed by atoms with E-state index in [9.17, 15) is 0 Å². The number of aryl methyl sites for hydroxylation is 1. The van der Waals surface area contributed by atoms with Crippen molar-refractivity contribution in [2.24, 2.45) is 0 Å². The highest BCUT2D eigenvalue weighted by atomic mass is 35.5. The Hall–Kier alpha value is -1.51. The molecule has 0 heterocycles. The highest BCUT2D eigenvalue weighted by Crippen LogP contribution is 2.25. The largest absolute Gasteiger partial charge is 0.495 e. The van der Waals surface area contributed by atoms with Gasteiger partial charge >= 0.3 is 0 Å². The second-order valence-corrected chi connectivity index (χ2v) is 5.53. The molecular weight excluding hydrogens is 270 g/mol. The van der Waals surface area contributed by atoms with Crippen molar-refractivity contribution in [2.75, 3.05) is 14.2 Å². The smallest absolute Gasteiger partial charge is 0.137 e. The van der Waals surface area contributed by atoms with Gasteiger partial charge in [-0.3, -0.25) is 4.90 Å². The molecule has 0 spiro atoms. The van der Waals surface area contributed by atoms with Crippen LogP contribution in [0.1, 0.15) is 16.7 Å². The molecule has 0 bridgehead atoms. The Morgan fingerprint density at radius 3 is 2.20 bits per heavy atom. The van der Waals surface area contributed by atoms with Crippen molar-refractivity contribution in [1.82, 2.24) is 4.90 Å². The van der Waals surface area contributed by atoms with Crippen LogP contribution in [-0.4, -0.2) is 19.1 Å². The molecule has 0 aromatic heterocycles. The normalized spacial score (nSPS) is 10.8. The lowest BCUT2D eigenvalue weighted by Crippen LogP contribution is -2.17. The lowest BCUT2D eigenvalue weighted by molar-refractivity contribution is 0.319. The summed E-state index contributed by atoms with van der Waals surface area (Å²) in [4.78, 5) is 2.27. The van der Waals surface area contributed by atoms with Crippen LogP contribution in [0, 0.1) is 6.92 Å². The van der Waals surface area contributed by atoms with Crippen molar-refractivity contribution >= 4 is 11.6 Å². The predicted molar refractivity (Wildman–Crippen MR) is 84.4 cm³/mol. The molecule has 106 valence electrons. The Labute approximate surface area is 125 Å². The van der Waals surface area contributed by atoms with E-state index in [0.717, 1.165) is 18.8 Å². The Morgan fingerprint density at radius 1 is 1.00 bits per heavy atom. The van der Waals surface area contributed by atoms with Crippen LogP contribution >= 0.6 is 11.6 Å². The van der Waals surface area contributed by atoms with E-state index in [1.54, 1.807) is 7.11 Å². The van der Waals surface area contributed by atoms with Crippen molar-refractivity contribution in [1.29, 1.82) is 0 Å². The highest BCUT2D eigenvalue weighted by Gasteiger charge is 2.05. The van der Waals surface area contributed by atoms with Crippen molar-refractivity contribution < 1.29 is 4.74 Å². The monoisotopic (exact) mass is 289 g/mol. The van der Waals surface area contributed by atoms with Crippen LogP contribution in [0.3, 0.4) is 0 Å². The third-order valence-corrected chi connectivity index (χ3v) is 3.54. The molecule has 0 unspecified atom stereocenters. The van der Waals surface area contributed by atoms with E-state index in [1.807, 2.05) is 12.1 Å². The van der Waals surface area contributed by atoms with Crippen molar-refractivity contribution in [3.05, 3.63) is 64.2 Å². The number of hydrogen-bond donors (Lipinski definition) is 0. The van der Waals surface area contributed by atoms with Gasteiger partial charge in [0.15, 0.2) is 0 Å². The van der Waals surface area contributed by atoms with Gasteiger partial charge < -0.3 is 4.74 Å². The molecule has 0 aliphatic heterocycles. The van der Waals surface area contributed by atoms with E-state index in [0.29, 0.717) is 5.02 Å². The number of hydrogen-bond acceptors (Lipinski definition) is 2. The van der Waals surface area contributed by atoms with E-state index < -0.39 is 0 Å². The van der Waals surface area contributed by atoms with Gasteiger partial charge in [-0.05, 0) is 37.2 Å². The van der Waals surface area contributed by atoms with Gasteiger partial charge in [0.1, 0.15) is 5.75 Å². The van der Waals surface area contributed by atoms with Gasteiger partial charge in [0.25, 0.3) is 0 Å². The summed E-state index contributed by atoms with van der Waals surface area (Å²) in [6.07, 6.45) is 0. The molecule has 2 rings (SSSR count). The minimum Gasteiger partial charge on any atom is -0.495 e. The molecule has 0 radical (unpaired) electrons. The second kappa shape index (κ2) is 6.78. The van der Waals surface area contributed by atoms with Gasteiger partial charge in [0, 0.05) is 13.1 Å². The maximum Gasteiger partial charge on any atom is 0.137 e. The van der Waals surface area contributed by atoms with Crippen LogP contribution in [0.15, 0.2) is 42.5 Å². The molecular formula is C17H20ClNO. The molecule has 0 saturated heterocycles. The molecule has 0 saturated carbocycles. The van der Waals surface area contributed by atoms with Crippen LogP contribution < -0.4 is 4.74 Å². The fraction of sp³-hybridized carbons (Fsp3) is 0.294. The number of ether oxygens (including phenoxy) is 1. The van der Waals surface area contributed by atoms with Crippen LogP contribution in [0.4, 0.5) is 0 Å². The quantitative estimate of drug-likeness (QED) is 0.814. The van der Waals surface area contributed by atoms with Gasteiger partial charge in [0.05, 0.1) is 12.1 Å². The molecule has 2 aromatic carbocycles. The lowest BCUT2D eigenvalue weighted by atomic mass is 10.1. The zero-order chi connectivity index (χ0) is 14.5. The Morgan fingerprint density at radius 2 is 1.60 bits per heavy atom. The first-order valence-electron chi connectivity index (χ1n) is 6.65. The molecule has 0 fully saturated rings. The third-order valence-electron chi connectivity index (χ3n) is 3.24. The number of benzene rings is 2. The molecule has 2 nitrogen and oxygen atoms in total. The topological polar surface area (TPSA) is 12.5 Å². The van der Waals surface area contributed by atoms with Gasteiger partial charge in [-0.1, -0.05) is 47.5 Å².